The molecule has 2 aromatic heterocycles. The molecule has 0 aromatic carbocycles. The van der Waals surface area contributed by atoms with Gasteiger partial charge in [-0.2, -0.15) is 4.98 Å². The van der Waals surface area contributed by atoms with Crippen molar-refractivity contribution >= 4 is 23.1 Å². The lowest BCUT2D eigenvalue weighted by atomic mass is 10.3. The zero-order valence-corrected chi connectivity index (χ0v) is 7.45. The molecule has 0 radical (unpaired) electrons. The van der Waals surface area contributed by atoms with E-state index in [1.165, 1.54) is 11.3 Å². The molecule has 0 fully saturated rings. The van der Waals surface area contributed by atoms with Gasteiger partial charge < -0.3 is 11.5 Å². The Hall–Kier alpha value is -1.69. The van der Waals surface area contributed by atoms with E-state index in [-0.39, 0.29) is 5.95 Å². The van der Waals surface area contributed by atoms with Gasteiger partial charge in [-0.3, -0.25) is 4.98 Å². The zero-order valence-electron chi connectivity index (χ0n) is 6.64. The van der Waals surface area contributed by atoms with Crippen LogP contribution in [0.1, 0.15) is 0 Å². The third-order valence-electron chi connectivity index (χ3n) is 1.45. The molecular formula is C7H7N5S. The number of anilines is 2. The molecule has 0 bridgehead atoms. The molecule has 2 heterocycles. The van der Waals surface area contributed by atoms with E-state index in [0.29, 0.717) is 11.5 Å². The second-order valence-electron chi connectivity index (χ2n) is 2.40. The van der Waals surface area contributed by atoms with Crippen LogP contribution >= 0.6 is 11.3 Å². The van der Waals surface area contributed by atoms with Crippen molar-refractivity contribution in [3.8, 4) is 10.6 Å². The standard InChI is InChI=1S/C7H7N5S/c8-6-1-4(11-7(9)12-6)5-2-10-3-13-5/h1-3H,(H4,8,9,11,12). The predicted molar refractivity (Wildman–Crippen MR) is 52.0 cm³/mol. The summed E-state index contributed by atoms with van der Waals surface area (Å²) in [5.74, 6) is 0.555. The molecule has 13 heavy (non-hydrogen) atoms. The molecule has 6 heteroatoms. The molecule has 0 spiro atoms. The predicted octanol–water partition coefficient (Wildman–Crippen LogP) is 0.764. The third kappa shape index (κ3) is 1.57. The summed E-state index contributed by atoms with van der Waals surface area (Å²) in [7, 11) is 0. The SMILES string of the molecule is Nc1cc(-c2cncs2)nc(N)n1. The van der Waals surface area contributed by atoms with Gasteiger partial charge in [0.2, 0.25) is 5.95 Å². The van der Waals surface area contributed by atoms with Crippen LogP contribution in [-0.4, -0.2) is 15.0 Å². The number of thiazole rings is 1. The Morgan fingerprint density at radius 2 is 2.08 bits per heavy atom. The van der Waals surface area contributed by atoms with Gasteiger partial charge in [0.1, 0.15) is 5.82 Å². The monoisotopic (exact) mass is 193 g/mol. The molecule has 0 atom stereocenters. The maximum Gasteiger partial charge on any atom is 0.222 e. The van der Waals surface area contributed by atoms with Gasteiger partial charge in [0.25, 0.3) is 0 Å². The molecule has 5 nitrogen and oxygen atoms in total. The van der Waals surface area contributed by atoms with Crippen LogP contribution in [0, 0.1) is 0 Å². The first-order chi connectivity index (χ1) is 6.25. The van der Waals surface area contributed by atoms with Gasteiger partial charge in [-0.1, -0.05) is 0 Å². The van der Waals surface area contributed by atoms with Gasteiger partial charge in [-0.15, -0.1) is 11.3 Å². The molecular weight excluding hydrogens is 186 g/mol. The summed E-state index contributed by atoms with van der Waals surface area (Å²) in [6.45, 7) is 0. The molecule has 4 N–H and O–H groups in total. The fraction of sp³-hybridized carbons (Fsp3) is 0. The first-order valence-electron chi connectivity index (χ1n) is 3.54. The highest BCUT2D eigenvalue weighted by atomic mass is 32.1. The highest BCUT2D eigenvalue weighted by Gasteiger charge is 2.03. The van der Waals surface area contributed by atoms with Crippen LogP contribution in [0.2, 0.25) is 0 Å². The lowest BCUT2D eigenvalue weighted by Gasteiger charge is -1.98. The van der Waals surface area contributed by atoms with E-state index < -0.39 is 0 Å². The van der Waals surface area contributed by atoms with E-state index in [1.54, 1.807) is 17.8 Å². The summed E-state index contributed by atoms with van der Waals surface area (Å²) in [4.78, 5) is 12.7. The number of aromatic nitrogens is 3. The molecule has 66 valence electrons. The van der Waals surface area contributed by atoms with E-state index in [0.717, 1.165) is 4.88 Å². The maximum atomic E-state index is 5.52. The summed E-state index contributed by atoms with van der Waals surface area (Å²) in [6.07, 6.45) is 1.71. The molecule has 0 aliphatic heterocycles. The summed E-state index contributed by atoms with van der Waals surface area (Å²) in [5.41, 5.74) is 13.4. The van der Waals surface area contributed by atoms with Gasteiger partial charge in [0.15, 0.2) is 0 Å². The van der Waals surface area contributed by atoms with Crippen LogP contribution in [0.25, 0.3) is 10.6 Å². The van der Waals surface area contributed by atoms with Crippen LogP contribution in [-0.2, 0) is 0 Å². The number of nitrogen functional groups attached to an aromatic ring is 2. The van der Waals surface area contributed by atoms with Crippen molar-refractivity contribution in [2.45, 2.75) is 0 Å². The summed E-state index contributed by atoms with van der Waals surface area (Å²) < 4.78 is 0. The normalized spacial score (nSPS) is 10.2. The van der Waals surface area contributed by atoms with E-state index in [2.05, 4.69) is 15.0 Å². The van der Waals surface area contributed by atoms with Crippen LogP contribution in [0.15, 0.2) is 17.8 Å². The first-order valence-corrected chi connectivity index (χ1v) is 4.42. The Bertz CT molecular complexity index is 391. The van der Waals surface area contributed by atoms with Crippen molar-refractivity contribution in [3.63, 3.8) is 0 Å². The average Bonchev–Trinajstić information content (AvgIpc) is 2.53. The largest absolute Gasteiger partial charge is 0.384 e. The molecule has 0 aliphatic carbocycles. The van der Waals surface area contributed by atoms with Crippen LogP contribution in [0.4, 0.5) is 11.8 Å². The second kappa shape index (κ2) is 2.98. The van der Waals surface area contributed by atoms with Crippen molar-refractivity contribution in [3.05, 3.63) is 17.8 Å². The fourth-order valence-corrected chi connectivity index (χ4v) is 1.54. The number of hydrogen-bond donors (Lipinski definition) is 2. The van der Waals surface area contributed by atoms with Gasteiger partial charge in [0, 0.05) is 12.3 Å². The molecule has 0 amide bonds. The van der Waals surface area contributed by atoms with Crippen molar-refractivity contribution in [1.29, 1.82) is 0 Å². The summed E-state index contributed by atoms with van der Waals surface area (Å²) in [5, 5.41) is 0. The van der Waals surface area contributed by atoms with E-state index >= 15 is 0 Å². The Balaban J connectivity index is 2.53. The number of nitrogens with two attached hydrogens (primary N) is 2. The van der Waals surface area contributed by atoms with Crippen LogP contribution in [0.3, 0.4) is 0 Å². The van der Waals surface area contributed by atoms with Crippen molar-refractivity contribution in [2.24, 2.45) is 0 Å². The number of rotatable bonds is 1. The maximum absolute atomic E-state index is 5.52. The smallest absolute Gasteiger partial charge is 0.222 e. The molecule has 2 aromatic rings. The average molecular weight is 193 g/mol. The molecule has 0 saturated heterocycles. The Morgan fingerprint density at radius 3 is 2.69 bits per heavy atom. The topological polar surface area (TPSA) is 90.7 Å². The molecule has 2 rings (SSSR count). The summed E-state index contributed by atoms with van der Waals surface area (Å²) in [6, 6.07) is 1.67. The van der Waals surface area contributed by atoms with E-state index in [1.807, 2.05) is 0 Å². The van der Waals surface area contributed by atoms with Crippen LogP contribution in [0.5, 0.6) is 0 Å². The Labute approximate surface area is 78.5 Å². The highest BCUT2D eigenvalue weighted by molar-refractivity contribution is 7.13. The fourth-order valence-electron chi connectivity index (χ4n) is 0.954. The minimum atomic E-state index is 0.184. The minimum Gasteiger partial charge on any atom is -0.384 e. The molecule has 0 unspecified atom stereocenters. The lowest BCUT2D eigenvalue weighted by Crippen LogP contribution is -1.99. The number of hydrogen-bond acceptors (Lipinski definition) is 6. The van der Waals surface area contributed by atoms with Gasteiger partial charge in [-0.25, -0.2) is 4.98 Å². The van der Waals surface area contributed by atoms with Crippen molar-refractivity contribution < 1.29 is 0 Å². The Morgan fingerprint density at radius 1 is 1.23 bits per heavy atom. The van der Waals surface area contributed by atoms with Crippen molar-refractivity contribution in [2.75, 3.05) is 11.5 Å². The molecule has 0 aliphatic rings. The summed E-state index contributed by atoms with van der Waals surface area (Å²) >= 11 is 1.48. The van der Waals surface area contributed by atoms with Gasteiger partial charge >= 0.3 is 0 Å². The van der Waals surface area contributed by atoms with Crippen LogP contribution < -0.4 is 11.5 Å². The van der Waals surface area contributed by atoms with Crippen molar-refractivity contribution in [1.82, 2.24) is 15.0 Å². The molecule has 0 saturated carbocycles. The van der Waals surface area contributed by atoms with E-state index in [4.69, 9.17) is 11.5 Å². The second-order valence-corrected chi connectivity index (χ2v) is 3.29. The first kappa shape index (κ1) is 7.93. The zero-order chi connectivity index (χ0) is 9.26. The van der Waals surface area contributed by atoms with Gasteiger partial charge in [0.05, 0.1) is 16.1 Å². The number of nitrogens with zero attached hydrogens (tertiary/aromatic N) is 3. The lowest BCUT2D eigenvalue weighted by molar-refractivity contribution is 1.20. The van der Waals surface area contributed by atoms with Gasteiger partial charge in [-0.05, 0) is 0 Å². The third-order valence-corrected chi connectivity index (χ3v) is 2.24. The highest BCUT2D eigenvalue weighted by Crippen LogP contribution is 2.22. The minimum absolute atomic E-state index is 0.184. The quantitative estimate of drug-likeness (QED) is 0.697. The Kier molecular flexibility index (Phi) is 1.82. The van der Waals surface area contributed by atoms with E-state index in [9.17, 15) is 0 Å².